The first kappa shape index (κ1) is 21.4. The number of halogens is 1. The highest BCUT2D eigenvalue weighted by atomic mass is 35.5. The molecule has 0 saturated carbocycles. The Morgan fingerprint density at radius 2 is 1.90 bits per heavy atom. The lowest BCUT2D eigenvalue weighted by atomic mass is 9.88. The molecule has 0 saturated heterocycles. The molecule has 6 heteroatoms. The topological polar surface area (TPSA) is 47.5 Å². The minimum atomic E-state index is 0.146. The van der Waals surface area contributed by atoms with Crippen molar-refractivity contribution in [3.63, 3.8) is 0 Å². The molecule has 0 amide bonds. The predicted octanol–water partition coefficient (Wildman–Crippen LogP) is 5.66. The molecule has 4 rings (SSSR count). The summed E-state index contributed by atoms with van der Waals surface area (Å²) in [5.41, 5.74) is 3.87. The van der Waals surface area contributed by atoms with Crippen molar-refractivity contribution >= 4 is 17.4 Å². The van der Waals surface area contributed by atoms with E-state index in [1.54, 1.807) is 13.3 Å². The van der Waals surface area contributed by atoms with E-state index in [-0.39, 0.29) is 11.3 Å². The van der Waals surface area contributed by atoms with Crippen molar-refractivity contribution in [3.8, 4) is 11.5 Å². The molecule has 1 atom stereocenters. The normalized spacial score (nSPS) is 15.5. The predicted molar refractivity (Wildman–Crippen MR) is 124 cm³/mol. The van der Waals surface area contributed by atoms with Gasteiger partial charge in [-0.15, -0.1) is 0 Å². The van der Waals surface area contributed by atoms with E-state index in [9.17, 15) is 0 Å². The number of rotatable bonds is 8. The van der Waals surface area contributed by atoms with Crippen molar-refractivity contribution < 1.29 is 9.47 Å². The van der Waals surface area contributed by atoms with Gasteiger partial charge in [-0.25, -0.2) is 9.97 Å². The molecule has 0 N–H and O–H groups in total. The zero-order valence-electron chi connectivity index (χ0n) is 18.1. The second-order valence-corrected chi connectivity index (χ2v) is 8.10. The molecule has 0 radical (unpaired) electrons. The molecule has 3 aromatic rings. The van der Waals surface area contributed by atoms with Crippen LogP contribution in [0.1, 0.15) is 42.5 Å². The van der Waals surface area contributed by atoms with E-state index < -0.39 is 0 Å². The molecule has 1 aliphatic rings. The average Bonchev–Trinajstić information content (AvgIpc) is 2.80. The maximum absolute atomic E-state index is 6.10. The van der Waals surface area contributed by atoms with Gasteiger partial charge < -0.3 is 14.4 Å². The number of fused-ring (bicyclic) bond motifs is 1. The summed E-state index contributed by atoms with van der Waals surface area (Å²) >= 11 is 6.10. The van der Waals surface area contributed by atoms with E-state index in [2.05, 4.69) is 58.2 Å². The van der Waals surface area contributed by atoms with E-state index in [4.69, 9.17) is 21.1 Å². The minimum Gasteiger partial charge on any atom is -0.497 e. The Morgan fingerprint density at radius 1 is 1.10 bits per heavy atom. The molecule has 5 nitrogen and oxygen atoms in total. The molecular weight excluding hydrogens is 410 g/mol. The van der Waals surface area contributed by atoms with Gasteiger partial charge >= 0.3 is 0 Å². The number of benzene rings is 2. The van der Waals surface area contributed by atoms with Gasteiger partial charge in [-0.2, -0.15) is 0 Å². The Hall–Kier alpha value is -2.79. The van der Waals surface area contributed by atoms with Crippen LogP contribution in [0.3, 0.4) is 0 Å². The van der Waals surface area contributed by atoms with Crippen LogP contribution >= 0.6 is 11.6 Å². The highest BCUT2D eigenvalue weighted by Gasteiger charge is 2.29. The van der Waals surface area contributed by atoms with Crippen LogP contribution in [0.15, 0.2) is 54.7 Å². The van der Waals surface area contributed by atoms with Gasteiger partial charge in [0.05, 0.1) is 19.8 Å². The molecule has 0 bridgehead atoms. The Kier molecular flexibility index (Phi) is 6.92. The zero-order valence-corrected chi connectivity index (χ0v) is 18.8. The Balaban J connectivity index is 1.62. The third-order valence-corrected chi connectivity index (χ3v) is 5.91. The van der Waals surface area contributed by atoms with Crippen LogP contribution in [0.5, 0.6) is 11.5 Å². The number of aromatic nitrogens is 2. The number of methoxy groups -OCH3 is 1. The van der Waals surface area contributed by atoms with Crippen molar-refractivity contribution in [2.45, 2.75) is 38.6 Å². The number of hydrogen-bond donors (Lipinski definition) is 0. The summed E-state index contributed by atoms with van der Waals surface area (Å²) in [6, 6.07) is 16.9. The number of ether oxygens (including phenoxy) is 2. The van der Waals surface area contributed by atoms with Crippen LogP contribution in [-0.4, -0.2) is 30.2 Å². The molecule has 2 aromatic carbocycles. The number of hydrogen-bond acceptors (Lipinski definition) is 5. The second-order valence-electron chi connectivity index (χ2n) is 7.76. The van der Waals surface area contributed by atoms with E-state index in [0.29, 0.717) is 0 Å². The molecule has 31 heavy (non-hydrogen) atoms. The van der Waals surface area contributed by atoms with E-state index in [1.165, 1.54) is 16.7 Å². The molecule has 0 spiro atoms. The Morgan fingerprint density at radius 3 is 2.65 bits per heavy atom. The maximum atomic E-state index is 6.10. The molecule has 0 aliphatic carbocycles. The monoisotopic (exact) mass is 437 g/mol. The van der Waals surface area contributed by atoms with Crippen molar-refractivity contribution in [1.82, 2.24) is 9.97 Å². The first-order valence-corrected chi connectivity index (χ1v) is 11.2. The third-order valence-electron chi connectivity index (χ3n) is 5.73. The standard InChI is InChI=1S/C25H28ClN3O2/c1-3-4-15-31-20-7-5-18(6-8-20)16-23-22-10-9-21(30-2)17-19(22)12-14-29(23)24-11-13-27-25(26)28-24/h5-11,13,17,23H,3-4,12,14-16H2,1-2H3. The first-order chi connectivity index (χ1) is 15.2. The van der Waals surface area contributed by atoms with Crippen molar-refractivity contribution in [2.75, 3.05) is 25.2 Å². The maximum Gasteiger partial charge on any atom is 0.224 e. The first-order valence-electron chi connectivity index (χ1n) is 10.8. The van der Waals surface area contributed by atoms with Gasteiger partial charge in [0.25, 0.3) is 0 Å². The lowest BCUT2D eigenvalue weighted by molar-refractivity contribution is 0.309. The summed E-state index contributed by atoms with van der Waals surface area (Å²) in [5.74, 6) is 2.67. The Bertz CT molecular complexity index is 1010. The molecule has 2 heterocycles. The molecule has 162 valence electrons. The Labute approximate surface area is 189 Å². The van der Waals surface area contributed by atoms with Gasteiger partial charge in [0.15, 0.2) is 0 Å². The van der Waals surface area contributed by atoms with E-state index in [1.807, 2.05) is 12.1 Å². The zero-order chi connectivity index (χ0) is 21.6. The average molecular weight is 438 g/mol. The molecule has 1 unspecified atom stereocenters. The minimum absolute atomic E-state index is 0.146. The summed E-state index contributed by atoms with van der Waals surface area (Å²) in [7, 11) is 1.71. The van der Waals surface area contributed by atoms with Crippen molar-refractivity contribution in [3.05, 3.63) is 76.7 Å². The lowest BCUT2D eigenvalue weighted by Gasteiger charge is -2.38. The summed E-state index contributed by atoms with van der Waals surface area (Å²) < 4.78 is 11.3. The summed E-state index contributed by atoms with van der Waals surface area (Å²) in [5, 5.41) is 0.269. The van der Waals surface area contributed by atoms with Crippen LogP contribution in [0.25, 0.3) is 0 Å². The fourth-order valence-electron chi connectivity index (χ4n) is 4.08. The van der Waals surface area contributed by atoms with Gasteiger partial charge in [-0.1, -0.05) is 31.5 Å². The van der Waals surface area contributed by atoms with E-state index >= 15 is 0 Å². The van der Waals surface area contributed by atoms with Gasteiger partial charge in [0, 0.05) is 12.7 Å². The number of unbranched alkanes of at least 4 members (excludes halogenated alkanes) is 1. The highest BCUT2D eigenvalue weighted by Crippen LogP contribution is 2.37. The van der Waals surface area contributed by atoms with Crippen molar-refractivity contribution in [1.29, 1.82) is 0 Å². The highest BCUT2D eigenvalue weighted by molar-refractivity contribution is 6.28. The second kappa shape index (κ2) is 10.0. The quantitative estimate of drug-likeness (QED) is 0.336. The van der Waals surface area contributed by atoms with Gasteiger partial charge in [0.1, 0.15) is 17.3 Å². The van der Waals surface area contributed by atoms with Crippen molar-refractivity contribution in [2.24, 2.45) is 0 Å². The van der Waals surface area contributed by atoms with E-state index in [0.717, 1.165) is 56.2 Å². The lowest BCUT2D eigenvalue weighted by Crippen LogP contribution is -2.37. The van der Waals surface area contributed by atoms with Crippen LogP contribution in [-0.2, 0) is 12.8 Å². The smallest absolute Gasteiger partial charge is 0.224 e. The van der Waals surface area contributed by atoms with Crippen LogP contribution in [0, 0.1) is 0 Å². The number of nitrogens with zero attached hydrogens (tertiary/aromatic N) is 3. The van der Waals surface area contributed by atoms with Crippen LogP contribution in [0.4, 0.5) is 5.82 Å². The van der Waals surface area contributed by atoms with Crippen LogP contribution < -0.4 is 14.4 Å². The van der Waals surface area contributed by atoms with Gasteiger partial charge in [0.2, 0.25) is 5.28 Å². The summed E-state index contributed by atoms with van der Waals surface area (Å²) in [6.45, 7) is 3.78. The SMILES string of the molecule is CCCCOc1ccc(CC2c3ccc(OC)cc3CCN2c2ccnc(Cl)n2)cc1. The fraction of sp³-hybridized carbons (Fsp3) is 0.360. The van der Waals surface area contributed by atoms with Gasteiger partial charge in [-0.05, 0) is 77.9 Å². The largest absolute Gasteiger partial charge is 0.497 e. The molecule has 0 fully saturated rings. The van der Waals surface area contributed by atoms with Gasteiger partial charge in [-0.3, -0.25) is 0 Å². The summed E-state index contributed by atoms with van der Waals surface area (Å²) in [4.78, 5) is 10.9. The molecule has 1 aliphatic heterocycles. The number of anilines is 1. The molecular formula is C25H28ClN3O2. The third kappa shape index (κ3) is 5.10. The summed E-state index contributed by atoms with van der Waals surface area (Å²) in [6.07, 6.45) is 5.70. The molecule has 1 aromatic heterocycles. The van der Waals surface area contributed by atoms with Crippen LogP contribution in [0.2, 0.25) is 5.28 Å². The fourth-order valence-corrected chi connectivity index (χ4v) is 4.22.